The molecule has 0 aromatic heterocycles. The summed E-state index contributed by atoms with van der Waals surface area (Å²) in [5.74, 6) is 0.498. The SMILES string of the molecule is CCO[C@H](CBr)OC[C@H]1C=C[C@H](Sc2ccccc2)C1. The molecule has 0 unspecified atom stereocenters. The zero-order valence-corrected chi connectivity index (χ0v) is 14.1. The second-order valence-electron chi connectivity index (χ2n) is 4.72. The van der Waals surface area contributed by atoms with Crippen LogP contribution in [0.4, 0.5) is 0 Å². The van der Waals surface area contributed by atoms with Crippen molar-refractivity contribution in [3.8, 4) is 0 Å². The number of thioether (sulfide) groups is 1. The van der Waals surface area contributed by atoms with Crippen LogP contribution < -0.4 is 0 Å². The van der Waals surface area contributed by atoms with E-state index in [4.69, 9.17) is 9.47 Å². The van der Waals surface area contributed by atoms with Crippen LogP contribution in [-0.4, -0.2) is 30.1 Å². The van der Waals surface area contributed by atoms with Gasteiger partial charge in [0.15, 0.2) is 6.29 Å². The topological polar surface area (TPSA) is 18.5 Å². The largest absolute Gasteiger partial charge is 0.352 e. The van der Waals surface area contributed by atoms with Crippen molar-refractivity contribution in [2.75, 3.05) is 18.5 Å². The fourth-order valence-corrected chi connectivity index (χ4v) is 3.73. The van der Waals surface area contributed by atoms with Gasteiger partial charge in [0.2, 0.25) is 0 Å². The first kappa shape index (κ1) is 16.1. The summed E-state index contributed by atoms with van der Waals surface area (Å²) in [6.45, 7) is 3.41. The van der Waals surface area contributed by atoms with Gasteiger partial charge in [0, 0.05) is 22.7 Å². The highest BCUT2D eigenvalue weighted by Crippen LogP contribution is 2.33. The third-order valence-electron chi connectivity index (χ3n) is 3.14. The molecule has 0 aliphatic heterocycles. The van der Waals surface area contributed by atoms with Gasteiger partial charge in [-0.15, -0.1) is 11.8 Å². The molecule has 2 rings (SSSR count). The van der Waals surface area contributed by atoms with Crippen LogP contribution in [0.3, 0.4) is 0 Å². The summed E-state index contributed by atoms with van der Waals surface area (Å²) in [6.07, 6.45) is 5.59. The van der Waals surface area contributed by atoms with Crippen LogP contribution in [-0.2, 0) is 9.47 Å². The molecule has 0 bridgehead atoms. The van der Waals surface area contributed by atoms with E-state index in [1.54, 1.807) is 0 Å². The van der Waals surface area contributed by atoms with Crippen molar-refractivity contribution in [1.82, 2.24) is 0 Å². The molecule has 0 radical (unpaired) electrons. The number of ether oxygens (including phenoxy) is 2. The van der Waals surface area contributed by atoms with Crippen LogP contribution in [0.25, 0.3) is 0 Å². The number of benzene rings is 1. The zero-order valence-electron chi connectivity index (χ0n) is 11.7. The molecule has 2 nitrogen and oxygen atoms in total. The van der Waals surface area contributed by atoms with Crippen LogP contribution >= 0.6 is 27.7 Å². The van der Waals surface area contributed by atoms with E-state index in [9.17, 15) is 0 Å². The summed E-state index contributed by atoms with van der Waals surface area (Å²) < 4.78 is 11.3. The Morgan fingerprint density at radius 2 is 2.05 bits per heavy atom. The van der Waals surface area contributed by atoms with Crippen molar-refractivity contribution in [1.29, 1.82) is 0 Å². The minimum Gasteiger partial charge on any atom is -0.352 e. The summed E-state index contributed by atoms with van der Waals surface area (Å²) in [5, 5.41) is 1.28. The molecule has 1 aromatic carbocycles. The molecular weight excluding hydrogens is 336 g/mol. The fourth-order valence-electron chi connectivity index (χ4n) is 2.18. The number of alkyl halides is 1. The van der Waals surface area contributed by atoms with Crippen molar-refractivity contribution in [2.45, 2.75) is 29.8 Å². The molecule has 0 N–H and O–H groups in total. The van der Waals surface area contributed by atoms with E-state index in [2.05, 4.69) is 58.4 Å². The van der Waals surface area contributed by atoms with Crippen molar-refractivity contribution in [3.05, 3.63) is 42.5 Å². The van der Waals surface area contributed by atoms with Crippen molar-refractivity contribution in [3.63, 3.8) is 0 Å². The first-order valence-corrected chi connectivity index (χ1v) is 9.01. The summed E-state index contributed by atoms with van der Waals surface area (Å²) in [7, 11) is 0. The third kappa shape index (κ3) is 5.24. The van der Waals surface area contributed by atoms with Gasteiger partial charge < -0.3 is 9.47 Å². The van der Waals surface area contributed by atoms with Gasteiger partial charge in [0.1, 0.15) is 0 Å². The molecule has 0 saturated heterocycles. The van der Waals surface area contributed by atoms with E-state index in [-0.39, 0.29) is 6.29 Å². The highest BCUT2D eigenvalue weighted by atomic mass is 79.9. The molecule has 0 fully saturated rings. The standard InChI is InChI=1S/C16H21BrO2S/c1-2-18-16(11-17)19-12-13-8-9-15(10-13)20-14-6-4-3-5-7-14/h3-9,13,15-16H,2,10-12H2,1H3/t13-,15-,16-/m0/s1. The van der Waals surface area contributed by atoms with Crippen molar-refractivity contribution < 1.29 is 9.47 Å². The van der Waals surface area contributed by atoms with Crippen LogP contribution in [0, 0.1) is 5.92 Å². The summed E-state index contributed by atoms with van der Waals surface area (Å²) in [5.41, 5.74) is 0. The fraction of sp³-hybridized carbons (Fsp3) is 0.500. The monoisotopic (exact) mass is 356 g/mol. The average Bonchev–Trinajstić information content (AvgIpc) is 2.92. The van der Waals surface area contributed by atoms with E-state index in [0.29, 0.717) is 17.8 Å². The Morgan fingerprint density at radius 1 is 1.25 bits per heavy atom. The minimum absolute atomic E-state index is 0.130. The highest BCUT2D eigenvalue weighted by molar-refractivity contribution is 9.09. The predicted octanol–water partition coefficient (Wildman–Crippen LogP) is 4.50. The minimum atomic E-state index is -0.130. The zero-order chi connectivity index (χ0) is 14.2. The van der Waals surface area contributed by atoms with Gasteiger partial charge in [0.25, 0.3) is 0 Å². The van der Waals surface area contributed by atoms with Crippen LogP contribution in [0.15, 0.2) is 47.4 Å². The van der Waals surface area contributed by atoms with Crippen LogP contribution in [0.5, 0.6) is 0 Å². The number of hydrogen-bond acceptors (Lipinski definition) is 3. The summed E-state index contributed by atoms with van der Waals surface area (Å²) in [6, 6.07) is 10.6. The summed E-state index contributed by atoms with van der Waals surface area (Å²) >= 11 is 5.33. The van der Waals surface area contributed by atoms with Gasteiger partial charge in [-0.1, -0.05) is 46.3 Å². The Labute approximate surface area is 134 Å². The maximum absolute atomic E-state index is 5.78. The Kier molecular flexibility index (Phi) is 7.14. The molecule has 1 aliphatic carbocycles. The van der Waals surface area contributed by atoms with E-state index in [1.165, 1.54) is 4.90 Å². The molecule has 3 atom stereocenters. The van der Waals surface area contributed by atoms with Gasteiger partial charge in [-0.05, 0) is 25.5 Å². The lowest BCUT2D eigenvalue weighted by Crippen LogP contribution is -2.22. The molecular formula is C16H21BrO2S. The van der Waals surface area contributed by atoms with Crippen LogP contribution in [0.2, 0.25) is 0 Å². The van der Waals surface area contributed by atoms with E-state index >= 15 is 0 Å². The van der Waals surface area contributed by atoms with Crippen molar-refractivity contribution in [2.24, 2.45) is 5.92 Å². The van der Waals surface area contributed by atoms with Crippen molar-refractivity contribution >= 4 is 27.7 Å². The quantitative estimate of drug-likeness (QED) is 0.388. The second kappa shape index (κ2) is 8.88. The molecule has 1 aliphatic rings. The van der Waals surface area contributed by atoms with Gasteiger partial charge >= 0.3 is 0 Å². The molecule has 4 heteroatoms. The molecule has 1 aromatic rings. The maximum Gasteiger partial charge on any atom is 0.167 e. The number of halogens is 1. The third-order valence-corrected chi connectivity index (χ3v) is 4.86. The van der Waals surface area contributed by atoms with Crippen LogP contribution in [0.1, 0.15) is 13.3 Å². The Balaban J connectivity index is 1.72. The van der Waals surface area contributed by atoms with E-state index in [1.807, 2.05) is 18.7 Å². The molecule has 0 spiro atoms. The first-order chi connectivity index (χ1) is 9.81. The summed E-state index contributed by atoms with van der Waals surface area (Å²) in [4.78, 5) is 1.33. The Morgan fingerprint density at radius 3 is 2.75 bits per heavy atom. The first-order valence-electron chi connectivity index (χ1n) is 7.01. The van der Waals surface area contributed by atoms with E-state index in [0.717, 1.165) is 18.4 Å². The maximum atomic E-state index is 5.78. The average molecular weight is 357 g/mol. The Hall–Kier alpha value is -0.290. The second-order valence-corrected chi connectivity index (χ2v) is 6.68. The smallest absolute Gasteiger partial charge is 0.167 e. The molecule has 110 valence electrons. The predicted molar refractivity (Wildman–Crippen MR) is 88.5 cm³/mol. The van der Waals surface area contributed by atoms with Gasteiger partial charge in [-0.2, -0.15) is 0 Å². The number of rotatable bonds is 8. The van der Waals surface area contributed by atoms with Gasteiger partial charge in [-0.3, -0.25) is 0 Å². The molecule has 0 amide bonds. The molecule has 0 saturated carbocycles. The molecule has 0 heterocycles. The normalized spacial score (nSPS) is 23.1. The number of hydrogen-bond donors (Lipinski definition) is 0. The lowest BCUT2D eigenvalue weighted by atomic mass is 10.1. The van der Waals surface area contributed by atoms with Gasteiger partial charge in [0.05, 0.1) is 11.9 Å². The van der Waals surface area contributed by atoms with E-state index < -0.39 is 0 Å². The van der Waals surface area contributed by atoms with Gasteiger partial charge in [-0.25, -0.2) is 0 Å². The Bertz CT molecular complexity index is 410. The lowest BCUT2D eigenvalue weighted by molar-refractivity contribution is -0.128. The molecule has 20 heavy (non-hydrogen) atoms. The lowest BCUT2D eigenvalue weighted by Gasteiger charge is -2.18. The highest BCUT2D eigenvalue weighted by Gasteiger charge is 2.21.